The lowest BCUT2D eigenvalue weighted by Crippen LogP contribution is -2.36. The Bertz CT molecular complexity index is 1020. The third-order valence-corrected chi connectivity index (χ3v) is 5.15. The van der Waals surface area contributed by atoms with Gasteiger partial charge < -0.3 is 25.2 Å². The van der Waals surface area contributed by atoms with Crippen molar-refractivity contribution >= 4 is 17.9 Å². The van der Waals surface area contributed by atoms with Crippen molar-refractivity contribution in [3.63, 3.8) is 0 Å². The number of rotatable bonds is 12. The summed E-state index contributed by atoms with van der Waals surface area (Å²) in [6, 6.07) is 11.3. The van der Waals surface area contributed by atoms with Crippen LogP contribution >= 0.6 is 0 Å². The van der Waals surface area contributed by atoms with Gasteiger partial charge in [0, 0.05) is 12.1 Å². The second-order valence-electron chi connectivity index (χ2n) is 8.07. The van der Waals surface area contributed by atoms with Crippen LogP contribution in [0.5, 0.6) is 11.5 Å². The number of hydrogen-bond donors (Lipinski definition) is 3. The fourth-order valence-electron chi connectivity index (χ4n) is 3.22. The monoisotopic (exact) mass is 492 g/mol. The van der Waals surface area contributed by atoms with Crippen LogP contribution in [0.4, 0.5) is 13.2 Å². The van der Waals surface area contributed by atoms with Crippen LogP contribution in [0.25, 0.3) is 6.08 Å². The van der Waals surface area contributed by atoms with E-state index in [1.54, 1.807) is 24.3 Å². The maximum Gasteiger partial charge on any atom is 0.573 e. The molecule has 2 amide bonds. The van der Waals surface area contributed by atoms with Gasteiger partial charge in [0.2, 0.25) is 0 Å². The third kappa shape index (κ3) is 9.32. The van der Waals surface area contributed by atoms with E-state index in [2.05, 4.69) is 15.4 Å². The van der Waals surface area contributed by atoms with E-state index >= 15 is 0 Å². The van der Waals surface area contributed by atoms with Gasteiger partial charge in [-0.1, -0.05) is 25.0 Å². The van der Waals surface area contributed by atoms with Gasteiger partial charge >= 0.3 is 6.36 Å². The fraction of sp³-hybridized carbons (Fsp3) is 0.360. The summed E-state index contributed by atoms with van der Waals surface area (Å²) in [4.78, 5) is 25.2. The number of ether oxygens (including phenoxy) is 2. The SMILES string of the molecule is O=C(NCCO)/C(=C\c1ccc(OC(F)(F)F)cc1)NC(=O)c1ccc(OCCCC2CC2)cc1. The molecule has 0 bridgehead atoms. The summed E-state index contributed by atoms with van der Waals surface area (Å²) in [7, 11) is 0. The molecule has 0 radical (unpaired) electrons. The topological polar surface area (TPSA) is 96.9 Å². The number of alkyl halides is 3. The molecule has 3 rings (SSSR count). The molecule has 0 spiro atoms. The lowest BCUT2D eigenvalue weighted by Gasteiger charge is -2.12. The number of aliphatic hydroxyl groups is 1. The normalized spacial score (nSPS) is 13.8. The number of halogens is 3. The Kier molecular flexibility index (Phi) is 9.13. The molecule has 3 N–H and O–H groups in total. The summed E-state index contributed by atoms with van der Waals surface area (Å²) >= 11 is 0. The molecule has 0 aromatic heterocycles. The van der Waals surface area contributed by atoms with Gasteiger partial charge in [-0.25, -0.2) is 0 Å². The first-order valence-corrected chi connectivity index (χ1v) is 11.2. The zero-order valence-electron chi connectivity index (χ0n) is 18.9. The second kappa shape index (κ2) is 12.3. The molecule has 0 heterocycles. The molecule has 0 aliphatic heterocycles. The minimum atomic E-state index is -4.82. The lowest BCUT2D eigenvalue weighted by molar-refractivity contribution is -0.274. The first kappa shape index (κ1) is 26.1. The van der Waals surface area contributed by atoms with Crippen molar-refractivity contribution < 1.29 is 37.3 Å². The Hall–Kier alpha value is -3.53. The molecule has 1 saturated carbocycles. The van der Waals surface area contributed by atoms with Crippen LogP contribution in [0.3, 0.4) is 0 Å². The zero-order valence-corrected chi connectivity index (χ0v) is 18.9. The van der Waals surface area contributed by atoms with Gasteiger partial charge in [0.05, 0.1) is 13.2 Å². The number of aliphatic hydroxyl groups excluding tert-OH is 1. The number of amides is 2. The molecule has 188 valence electrons. The number of carbonyl (C=O) groups is 2. The Morgan fingerprint density at radius 1 is 1.03 bits per heavy atom. The predicted octanol–water partition coefficient (Wildman–Crippen LogP) is 4.03. The maximum absolute atomic E-state index is 12.7. The van der Waals surface area contributed by atoms with Crippen molar-refractivity contribution in [1.82, 2.24) is 10.6 Å². The summed E-state index contributed by atoms with van der Waals surface area (Å²) in [6.45, 7) is 0.252. The largest absolute Gasteiger partial charge is 0.573 e. The number of hydrogen-bond acceptors (Lipinski definition) is 5. The highest BCUT2D eigenvalue weighted by Crippen LogP contribution is 2.33. The number of nitrogens with one attached hydrogen (secondary N) is 2. The second-order valence-corrected chi connectivity index (χ2v) is 8.07. The summed E-state index contributed by atoms with van der Waals surface area (Å²) in [5.41, 5.74) is 0.488. The first-order chi connectivity index (χ1) is 16.7. The summed E-state index contributed by atoms with van der Waals surface area (Å²) in [6.07, 6.45) is 1.22. The standard InChI is InChI=1S/C25H27F3N2O5/c26-25(27,28)35-21-9-5-18(6-10-21)16-22(24(33)29-13-14-31)30-23(32)19-7-11-20(12-8-19)34-15-1-2-17-3-4-17/h5-12,16-17,31H,1-4,13-15H2,(H,29,33)(H,30,32)/b22-16+. The Balaban J connectivity index is 1.65. The Labute approximate surface area is 200 Å². The van der Waals surface area contributed by atoms with E-state index < -0.39 is 23.9 Å². The Morgan fingerprint density at radius 3 is 2.29 bits per heavy atom. The van der Waals surface area contributed by atoms with E-state index in [1.165, 1.54) is 31.1 Å². The molecule has 0 saturated heterocycles. The minimum absolute atomic E-state index is 0.0445. The molecule has 1 aliphatic carbocycles. The van der Waals surface area contributed by atoms with Crippen molar-refractivity contribution in [1.29, 1.82) is 0 Å². The third-order valence-electron chi connectivity index (χ3n) is 5.15. The first-order valence-electron chi connectivity index (χ1n) is 11.2. The molecular formula is C25H27F3N2O5. The van der Waals surface area contributed by atoms with E-state index in [4.69, 9.17) is 9.84 Å². The van der Waals surface area contributed by atoms with Gasteiger partial charge in [0.15, 0.2) is 0 Å². The van der Waals surface area contributed by atoms with Crippen molar-refractivity contribution in [2.45, 2.75) is 32.0 Å². The Morgan fingerprint density at radius 2 is 1.69 bits per heavy atom. The lowest BCUT2D eigenvalue weighted by atomic mass is 10.1. The fourth-order valence-corrected chi connectivity index (χ4v) is 3.22. The molecule has 35 heavy (non-hydrogen) atoms. The average molecular weight is 492 g/mol. The zero-order chi connectivity index (χ0) is 25.3. The average Bonchev–Trinajstić information content (AvgIpc) is 3.65. The maximum atomic E-state index is 12.7. The van der Waals surface area contributed by atoms with Crippen molar-refractivity contribution in [3.8, 4) is 11.5 Å². The molecule has 0 atom stereocenters. The summed E-state index contributed by atoms with van der Waals surface area (Å²) in [5.74, 6) is -0.172. The minimum Gasteiger partial charge on any atom is -0.494 e. The van der Waals surface area contributed by atoms with Gasteiger partial charge in [-0.3, -0.25) is 9.59 Å². The van der Waals surface area contributed by atoms with Crippen LogP contribution in [0.15, 0.2) is 54.2 Å². The predicted molar refractivity (Wildman–Crippen MR) is 123 cm³/mol. The number of benzene rings is 2. The van der Waals surface area contributed by atoms with E-state index in [0.717, 1.165) is 30.9 Å². The highest BCUT2D eigenvalue weighted by molar-refractivity contribution is 6.05. The van der Waals surface area contributed by atoms with Crippen LogP contribution < -0.4 is 20.1 Å². The molecule has 10 heteroatoms. The van der Waals surface area contributed by atoms with Gasteiger partial charge in [-0.2, -0.15) is 0 Å². The molecular weight excluding hydrogens is 465 g/mol. The molecule has 0 unspecified atom stereocenters. The van der Waals surface area contributed by atoms with Crippen molar-refractivity contribution in [2.24, 2.45) is 5.92 Å². The molecule has 1 fully saturated rings. The molecule has 1 aliphatic rings. The smallest absolute Gasteiger partial charge is 0.494 e. The van der Waals surface area contributed by atoms with Crippen LogP contribution in [-0.4, -0.2) is 43.0 Å². The van der Waals surface area contributed by atoms with Crippen molar-refractivity contribution in [2.75, 3.05) is 19.8 Å². The van der Waals surface area contributed by atoms with E-state index in [0.29, 0.717) is 17.9 Å². The van der Waals surface area contributed by atoms with Gasteiger partial charge in [0.25, 0.3) is 11.8 Å². The van der Waals surface area contributed by atoms with Crippen LogP contribution in [-0.2, 0) is 4.79 Å². The molecule has 7 nitrogen and oxygen atoms in total. The highest BCUT2D eigenvalue weighted by Gasteiger charge is 2.31. The van der Waals surface area contributed by atoms with Crippen LogP contribution in [0.2, 0.25) is 0 Å². The van der Waals surface area contributed by atoms with Crippen molar-refractivity contribution in [3.05, 3.63) is 65.4 Å². The summed E-state index contributed by atoms with van der Waals surface area (Å²) < 4.78 is 46.6. The quantitative estimate of drug-likeness (QED) is 0.307. The van der Waals surface area contributed by atoms with Crippen LogP contribution in [0.1, 0.15) is 41.6 Å². The van der Waals surface area contributed by atoms with Gasteiger partial charge in [-0.05, 0) is 66.8 Å². The highest BCUT2D eigenvalue weighted by atomic mass is 19.4. The van der Waals surface area contributed by atoms with E-state index in [1.807, 2.05) is 0 Å². The van der Waals surface area contributed by atoms with E-state index in [-0.39, 0.29) is 24.4 Å². The summed E-state index contributed by atoms with van der Waals surface area (Å²) in [5, 5.41) is 13.9. The van der Waals surface area contributed by atoms with Gasteiger partial charge in [-0.15, -0.1) is 13.2 Å². The van der Waals surface area contributed by atoms with Gasteiger partial charge in [0.1, 0.15) is 17.2 Å². The molecule has 2 aromatic rings. The van der Waals surface area contributed by atoms with Crippen LogP contribution in [0, 0.1) is 5.92 Å². The molecule has 2 aromatic carbocycles. The van der Waals surface area contributed by atoms with E-state index in [9.17, 15) is 22.8 Å². The number of carbonyl (C=O) groups excluding carboxylic acids is 2.